The Morgan fingerprint density at radius 1 is 1.31 bits per heavy atom. The molecule has 0 spiro atoms. The summed E-state index contributed by atoms with van der Waals surface area (Å²) in [7, 11) is 0. The van der Waals surface area contributed by atoms with Gasteiger partial charge in [-0.15, -0.1) is 0 Å². The third kappa shape index (κ3) is 4.30. The van der Waals surface area contributed by atoms with Gasteiger partial charge in [-0.1, -0.05) is 25.4 Å². The Bertz CT molecular complexity index is 815. The molecule has 3 rings (SSSR count). The SMILES string of the molecule is CC(C)CCNC(=O)CNC(=O)N1CCc2c([nH]c3ccc(Cl)cc23)C1. The predicted octanol–water partition coefficient (Wildman–Crippen LogP) is 3.05. The molecule has 0 atom stereocenters. The number of nitrogens with one attached hydrogen (secondary N) is 3. The number of amides is 3. The monoisotopic (exact) mass is 376 g/mol. The molecule has 0 radical (unpaired) electrons. The van der Waals surface area contributed by atoms with Crippen LogP contribution in [0.3, 0.4) is 0 Å². The number of hydrogen-bond acceptors (Lipinski definition) is 2. The van der Waals surface area contributed by atoms with Gasteiger partial charge in [-0.05, 0) is 42.5 Å². The van der Waals surface area contributed by atoms with Crippen LogP contribution in [0.4, 0.5) is 4.79 Å². The molecule has 7 heteroatoms. The number of hydrogen-bond donors (Lipinski definition) is 3. The molecule has 2 aromatic rings. The molecule has 0 saturated carbocycles. The highest BCUT2D eigenvalue weighted by Gasteiger charge is 2.24. The topological polar surface area (TPSA) is 77.2 Å². The lowest BCUT2D eigenvalue weighted by atomic mass is 10.0. The van der Waals surface area contributed by atoms with E-state index in [-0.39, 0.29) is 18.5 Å². The van der Waals surface area contributed by atoms with Crippen molar-refractivity contribution >= 4 is 34.4 Å². The second-order valence-electron chi connectivity index (χ2n) is 7.13. The summed E-state index contributed by atoms with van der Waals surface area (Å²) in [5.41, 5.74) is 3.29. The van der Waals surface area contributed by atoms with Gasteiger partial charge in [0.15, 0.2) is 0 Å². The first-order valence-corrected chi connectivity index (χ1v) is 9.40. The highest BCUT2D eigenvalue weighted by atomic mass is 35.5. The second-order valence-corrected chi connectivity index (χ2v) is 7.57. The van der Waals surface area contributed by atoms with Crippen molar-refractivity contribution in [1.82, 2.24) is 20.5 Å². The van der Waals surface area contributed by atoms with E-state index in [2.05, 4.69) is 29.5 Å². The number of carbonyl (C=O) groups excluding carboxylic acids is 2. The first-order chi connectivity index (χ1) is 12.4. The summed E-state index contributed by atoms with van der Waals surface area (Å²) in [5, 5.41) is 7.36. The van der Waals surface area contributed by atoms with Crippen LogP contribution in [0.15, 0.2) is 18.2 Å². The number of aromatic amines is 1. The molecule has 0 fully saturated rings. The summed E-state index contributed by atoms with van der Waals surface area (Å²) >= 11 is 6.10. The van der Waals surface area contributed by atoms with Gasteiger partial charge in [0.25, 0.3) is 0 Å². The van der Waals surface area contributed by atoms with E-state index in [1.54, 1.807) is 4.90 Å². The van der Waals surface area contributed by atoms with Crippen LogP contribution in [0.25, 0.3) is 10.9 Å². The Hall–Kier alpha value is -2.21. The number of nitrogens with zero attached hydrogens (tertiary/aromatic N) is 1. The lowest BCUT2D eigenvalue weighted by molar-refractivity contribution is -0.120. The van der Waals surface area contributed by atoms with Gasteiger partial charge in [0.2, 0.25) is 5.91 Å². The van der Waals surface area contributed by atoms with E-state index in [0.29, 0.717) is 30.6 Å². The van der Waals surface area contributed by atoms with E-state index >= 15 is 0 Å². The zero-order chi connectivity index (χ0) is 18.7. The molecule has 1 aromatic heterocycles. The smallest absolute Gasteiger partial charge is 0.318 e. The van der Waals surface area contributed by atoms with Crippen molar-refractivity contribution in [2.75, 3.05) is 19.6 Å². The molecule has 0 aliphatic carbocycles. The van der Waals surface area contributed by atoms with E-state index in [4.69, 9.17) is 11.6 Å². The van der Waals surface area contributed by atoms with Gasteiger partial charge < -0.3 is 20.5 Å². The fraction of sp³-hybridized carbons (Fsp3) is 0.474. The molecule has 0 saturated heterocycles. The molecular weight excluding hydrogens is 352 g/mol. The van der Waals surface area contributed by atoms with Crippen LogP contribution in [0.1, 0.15) is 31.5 Å². The van der Waals surface area contributed by atoms with Gasteiger partial charge in [0.05, 0.1) is 13.1 Å². The zero-order valence-corrected chi connectivity index (χ0v) is 15.9. The quantitative estimate of drug-likeness (QED) is 0.750. The molecule has 1 aliphatic rings. The van der Waals surface area contributed by atoms with Crippen LogP contribution in [0.5, 0.6) is 0 Å². The summed E-state index contributed by atoms with van der Waals surface area (Å²) in [5.74, 6) is 0.385. The van der Waals surface area contributed by atoms with Crippen molar-refractivity contribution < 1.29 is 9.59 Å². The number of urea groups is 1. The number of rotatable bonds is 5. The number of fused-ring (bicyclic) bond motifs is 3. The first kappa shape index (κ1) is 18.6. The second kappa shape index (κ2) is 7.99. The average Bonchev–Trinajstić information content (AvgIpc) is 2.96. The number of halogens is 1. The summed E-state index contributed by atoms with van der Waals surface area (Å²) in [6.45, 7) is 5.97. The number of carbonyl (C=O) groups is 2. The minimum absolute atomic E-state index is 0.00257. The van der Waals surface area contributed by atoms with Crippen molar-refractivity contribution in [3.63, 3.8) is 0 Å². The van der Waals surface area contributed by atoms with Gasteiger partial charge in [-0.25, -0.2) is 4.79 Å². The van der Waals surface area contributed by atoms with Gasteiger partial charge >= 0.3 is 6.03 Å². The van der Waals surface area contributed by atoms with Gasteiger partial charge in [-0.3, -0.25) is 4.79 Å². The van der Waals surface area contributed by atoms with Crippen molar-refractivity contribution in [2.45, 2.75) is 33.2 Å². The predicted molar refractivity (Wildman–Crippen MR) is 103 cm³/mol. The Morgan fingerprint density at radius 3 is 2.88 bits per heavy atom. The van der Waals surface area contributed by atoms with E-state index in [9.17, 15) is 9.59 Å². The summed E-state index contributed by atoms with van der Waals surface area (Å²) in [6.07, 6.45) is 1.70. The van der Waals surface area contributed by atoms with Gasteiger partial charge in [0, 0.05) is 34.7 Å². The van der Waals surface area contributed by atoms with E-state index in [0.717, 1.165) is 29.4 Å². The third-order valence-corrected chi connectivity index (χ3v) is 4.90. The van der Waals surface area contributed by atoms with E-state index in [1.165, 1.54) is 5.56 Å². The largest absolute Gasteiger partial charge is 0.357 e. The van der Waals surface area contributed by atoms with Crippen LogP contribution in [0, 0.1) is 5.92 Å². The fourth-order valence-electron chi connectivity index (χ4n) is 3.22. The van der Waals surface area contributed by atoms with Crippen molar-refractivity contribution in [1.29, 1.82) is 0 Å². The normalized spacial score (nSPS) is 13.8. The highest BCUT2D eigenvalue weighted by molar-refractivity contribution is 6.31. The maximum Gasteiger partial charge on any atom is 0.318 e. The standard InChI is InChI=1S/C19H25ClN4O2/c1-12(2)5-7-21-18(25)10-22-19(26)24-8-6-14-15-9-13(20)3-4-16(15)23-17(14)11-24/h3-4,9,12,23H,5-8,10-11H2,1-2H3,(H,21,25)(H,22,26). The molecule has 6 nitrogen and oxygen atoms in total. The van der Waals surface area contributed by atoms with Gasteiger partial charge in [-0.2, -0.15) is 0 Å². The molecule has 1 aromatic carbocycles. The van der Waals surface area contributed by atoms with Crippen LogP contribution in [0.2, 0.25) is 5.02 Å². The molecule has 3 amide bonds. The number of benzene rings is 1. The van der Waals surface area contributed by atoms with Crippen LogP contribution in [-0.4, -0.2) is 41.5 Å². The zero-order valence-electron chi connectivity index (χ0n) is 15.2. The molecule has 0 unspecified atom stereocenters. The average molecular weight is 377 g/mol. The number of H-pyrrole nitrogens is 1. The van der Waals surface area contributed by atoms with Gasteiger partial charge in [0.1, 0.15) is 0 Å². The molecule has 26 heavy (non-hydrogen) atoms. The third-order valence-electron chi connectivity index (χ3n) is 4.67. The molecule has 0 bridgehead atoms. The first-order valence-electron chi connectivity index (χ1n) is 9.02. The van der Waals surface area contributed by atoms with E-state index in [1.807, 2.05) is 18.2 Å². The van der Waals surface area contributed by atoms with E-state index < -0.39 is 0 Å². The molecule has 3 N–H and O–H groups in total. The molecule has 140 valence electrons. The Labute approximate surface area is 158 Å². The molecular formula is C19H25ClN4O2. The summed E-state index contributed by atoms with van der Waals surface area (Å²) < 4.78 is 0. The Balaban J connectivity index is 1.54. The Kier molecular flexibility index (Phi) is 5.71. The molecule has 2 heterocycles. The summed E-state index contributed by atoms with van der Waals surface area (Å²) in [6, 6.07) is 5.56. The number of aromatic nitrogens is 1. The van der Waals surface area contributed by atoms with Crippen LogP contribution < -0.4 is 10.6 Å². The van der Waals surface area contributed by atoms with Crippen molar-refractivity contribution in [2.24, 2.45) is 5.92 Å². The highest BCUT2D eigenvalue weighted by Crippen LogP contribution is 2.29. The lowest BCUT2D eigenvalue weighted by Crippen LogP contribution is -2.46. The summed E-state index contributed by atoms with van der Waals surface area (Å²) in [4.78, 5) is 29.3. The maximum atomic E-state index is 12.4. The van der Waals surface area contributed by atoms with Crippen molar-refractivity contribution in [3.8, 4) is 0 Å². The fourth-order valence-corrected chi connectivity index (χ4v) is 3.39. The minimum atomic E-state index is -0.216. The van der Waals surface area contributed by atoms with Crippen LogP contribution >= 0.6 is 11.6 Å². The minimum Gasteiger partial charge on any atom is -0.357 e. The lowest BCUT2D eigenvalue weighted by Gasteiger charge is -2.27. The molecule has 1 aliphatic heterocycles. The van der Waals surface area contributed by atoms with Crippen molar-refractivity contribution in [3.05, 3.63) is 34.5 Å². The Morgan fingerprint density at radius 2 is 2.12 bits per heavy atom. The van der Waals surface area contributed by atoms with Crippen LogP contribution in [-0.2, 0) is 17.8 Å². The maximum absolute atomic E-state index is 12.4.